The Hall–Kier alpha value is -3.70. The molecule has 0 fully saturated rings. The summed E-state index contributed by atoms with van der Waals surface area (Å²) in [6, 6.07) is 38.5. The summed E-state index contributed by atoms with van der Waals surface area (Å²) in [4.78, 5) is 23.1. The quantitative estimate of drug-likeness (QED) is 0.167. The van der Waals surface area contributed by atoms with Crippen molar-refractivity contribution in [2.75, 3.05) is 12.3 Å². The minimum Gasteiger partial charge on any atom is -0.351 e. The summed E-state index contributed by atoms with van der Waals surface area (Å²) >= 11 is 1.81. The maximum atomic E-state index is 12.6. The van der Waals surface area contributed by atoms with Crippen LogP contribution in [-0.4, -0.2) is 18.2 Å². The number of carbonyl (C=O) groups is 1. The van der Waals surface area contributed by atoms with Gasteiger partial charge in [0.2, 0.25) is 0 Å². The standard InChI is InChI=1S/C29H26N2O2S/c32-28(24-18-16-23(17-19-24)22-31-33)30-20-21-34-29(25-10-4-1-5-11-25,26-12-6-2-7-13-26)27-14-8-3-9-15-27/h1-19H,20-22H2,(H,30,32). The number of hydrogen-bond acceptors (Lipinski definition) is 4. The molecule has 170 valence electrons. The highest BCUT2D eigenvalue weighted by atomic mass is 32.2. The maximum absolute atomic E-state index is 12.6. The minimum atomic E-state index is -0.405. The average Bonchev–Trinajstić information content (AvgIpc) is 2.91. The van der Waals surface area contributed by atoms with Crippen LogP contribution in [0.5, 0.6) is 0 Å². The van der Waals surface area contributed by atoms with Crippen LogP contribution in [0.4, 0.5) is 0 Å². The molecule has 4 rings (SSSR count). The summed E-state index contributed by atoms with van der Waals surface area (Å²) in [6.45, 7) is 0.633. The van der Waals surface area contributed by atoms with Crippen molar-refractivity contribution in [3.8, 4) is 0 Å². The number of carbonyl (C=O) groups excluding carboxylic acids is 1. The van der Waals surface area contributed by atoms with Crippen LogP contribution in [0, 0.1) is 4.91 Å². The maximum Gasteiger partial charge on any atom is 0.251 e. The van der Waals surface area contributed by atoms with Gasteiger partial charge in [0.05, 0.1) is 4.75 Å². The summed E-state index contributed by atoms with van der Waals surface area (Å²) in [5, 5.41) is 5.92. The third-order valence-electron chi connectivity index (χ3n) is 5.71. The number of rotatable bonds is 10. The van der Waals surface area contributed by atoms with E-state index in [4.69, 9.17) is 0 Å². The SMILES string of the molecule is O=NCc1ccc(C(=O)NCCSC(c2ccccc2)(c2ccccc2)c2ccccc2)cc1. The molecule has 0 aliphatic rings. The Bertz CT molecular complexity index is 1100. The first-order chi connectivity index (χ1) is 16.7. The largest absolute Gasteiger partial charge is 0.351 e. The lowest BCUT2D eigenvalue weighted by atomic mass is 9.84. The molecule has 1 amide bonds. The van der Waals surface area contributed by atoms with Gasteiger partial charge in [-0.2, -0.15) is 4.91 Å². The van der Waals surface area contributed by atoms with Crippen LogP contribution < -0.4 is 5.32 Å². The van der Waals surface area contributed by atoms with Gasteiger partial charge in [0.15, 0.2) is 0 Å². The lowest BCUT2D eigenvalue weighted by Crippen LogP contribution is -2.30. The fourth-order valence-corrected chi connectivity index (χ4v) is 5.49. The Kier molecular flexibility index (Phi) is 7.89. The summed E-state index contributed by atoms with van der Waals surface area (Å²) in [6.07, 6.45) is 0. The first kappa shape index (κ1) is 23.5. The van der Waals surface area contributed by atoms with E-state index in [1.54, 1.807) is 24.3 Å². The highest BCUT2D eigenvalue weighted by molar-refractivity contribution is 8.00. The van der Waals surface area contributed by atoms with E-state index in [1.165, 1.54) is 16.7 Å². The van der Waals surface area contributed by atoms with Crippen LogP contribution >= 0.6 is 11.8 Å². The van der Waals surface area contributed by atoms with E-state index in [1.807, 2.05) is 30.0 Å². The van der Waals surface area contributed by atoms with E-state index in [0.717, 1.165) is 11.3 Å². The van der Waals surface area contributed by atoms with Gasteiger partial charge in [-0.15, -0.1) is 11.8 Å². The second kappa shape index (κ2) is 11.4. The zero-order valence-corrected chi connectivity index (χ0v) is 19.6. The van der Waals surface area contributed by atoms with Crippen molar-refractivity contribution in [3.05, 3.63) is 148 Å². The van der Waals surface area contributed by atoms with E-state index in [9.17, 15) is 9.70 Å². The summed E-state index contributed by atoms with van der Waals surface area (Å²) < 4.78 is -0.405. The topological polar surface area (TPSA) is 58.5 Å². The Morgan fingerprint density at radius 1 is 0.706 bits per heavy atom. The molecule has 34 heavy (non-hydrogen) atoms. The fraction of sp³-hybridized carbons (Fsp3) is 0.138. The van der Waals surface area contributed by atoms with Gasteiger partial charge in [0, 0.05) is 17.9 Å². The number of thioether (sulfide) groups is 1. The molecule has 0 bridgehead atoms. The molecule has 0 unspecified atom stereocenters. The molecule has 0 aromatic heterocycles. The molecule has 0 saturated carbocycles. The summed E-state index contributed by atoms with van der Waals surface area (Å²) in [5.74, 6) is 0.591. The molecule has 0 spiro atoms. The van der Waals surface area contributed by atoms with Crippen molar-refractivity contribution >= 4 is 17.7 Å². The summed E-state index contributed by atoms with van der Waals surface area (Å²) in [5.41, 5.74) is 4.95. The molecule has 0 atom stereocenters. The van der Waals surface area contributed by atoms with Crippen molar-refractivity contribution in [2.45, 2.75) is 11.3 Å². The van der Waals surface area contributed by atoms with Gasteiger partial charge < -0.3 is 5.32 Å². The average molecular weight is 467 g/mol. The molecule has 0 heterocycles. The van der Waals surface area contributed by atoms with Gasteiger partial charge in [-0.3, -0.25) is 4.79 Å². The number of nitroso groups, excluding NO2 is 1. The van der Waals surface area contributed by atoms with E-state index in [0.29, 0.717) is 12.1 Å². The van der Waals surface area contributed by atoms with Crippen LogP contribution in [0.2, 0.25) is 0 Å². The van der Waals surface area contributed by atoms with E-state index >= 15 is 0 Å². The smallest absolute Gasteiger partial charge is 0.251 e. The highest BCUT2D eigenvalue weighted by Crippen LogP contribution is 2.48. The number of nitrogens with one attached hydrogen (secondary N) is 1. The van der Waals surface area contributed by atoms with Gasteiger partial charge >= 0.3 is 0 Å². The lowest BCUT2D eigenvalue weighted by molar-refractivity contribution is 0.0956. The van der Waals surface area contributed by atoms with Gasteiger partial charge in [-0.1, -0.05) is 108 Å². The second-order valence-electron chi connectivity index (χ2n) is 7.87. The molecule has 1 N–H and O–H groups in total. The normalized spacial score (nSPS) is 11.1. The molecular formula is C29H26N2O2S. The van der Waals surface area contributed by atoms with Crippen molar-refractivity contribution in [3.63, 3.8) is 0 Å². The van der Waals surface area contributed by atoms with Gasteiger partial charge in [-0.25, -0.2) is 0 Å². The highest BCUT2D eigenvalue weighted by Gasteiger charge is 2.36. The van der Waals surface area contributed by atoms with E-state index < -0.39 is 4.75 Å². The van der Waals surface area contributed by atoms with Crippen LogP contribution in [0.3, 0.4) is 0 Å². The molecule has 4 aromatic carbocycles. The molecule has 0 aliphatic heterocycles. The molecule has 0 saturated heterocycles. The third-order valence-corrected chi connectivity index (χ3v) is 7.26. The van der Waals surface area contributed by atoms with E-state index in [-0.39, 0.29) is 12.5 Å². The Balaban J connectivity index is 1.56. The Morgan fingerprint density at radius 3 is 1.62 bits per heavy atom. The molecule has 4 aromatic rings. The monoisotopic (exact) mass is 466 g/mol. The first-order valence-corrected chi connectivity index (χ1v) is 12.2. The predicted molar refractivity (Wildman–Crippen MR) is 140 cm³/mol. The molecule has 0 radical (unpaired) electrons. The number of hydrogen-bond donors (Lipinski definition) is 1. The van der Waals surface area contributed by atoms with E-state index in [2.05, 4.69) is 83.3 Å². The summed E-state index contributed by atoms with van der Waals surface area (Å²) in [7, 11) is 0. The van der Waals surface area contributed by atoms with Gasteiger partial charge in [0.1, 0.15) is 6.54 Å². The van der Waals surface area contributed by atoms with Gasteiger partial charge in [-0.05, 0) is 34.4 Å². The van der Waals surface area contributed by atoms with Gasteiger partial charge in [0.25, 0.3) is 5.91 Å². The molecule has 4 nitrogen and oxygen atoms in total. The zero-order chi connectivity index (χ0) is 23.6. The fourth-order valence-electron chi connectivity index (χ4n) is 4.08. The van der Waals surface area contributed by atoms with Crippen molar-refractivity contribution < 1.29 is 4.79 Å². The zero-order valence-electron chi connectivity index (χ0n) is 18.8. The Labute approximate surface area is 204 Å². The number of amides is 1. The predicted octanol–water partition coefficient (Wildman–Crippen LogP) is 6.41. The number of nitrogens with zero attached hydrogens (tertiary/aromatic N) is 1. The second-order valence-corrected chi connectivity index (χ2v) is 9.18. The first-order valence-electron chi connectivity index (χ1n) is 11.2. The van der Waals surface area contributed by atoms with Crippen LogP contribution in [0.15, 0.2) is 120 Å². The molecular weight excluding hydrogens is 440 g/mol. The van der Waals surface area contributed by atoms with Crippen molar-refractivity contribution in [1.82, 2.24) is 5.32 Å². The molecule has 5 heteroatoms. The Morgan fingerprint density at radius 2 is 1.18 bits per heavy atom. The van der Waals surface area contributed by atoms with Crippen LogP contribution in [0.1, 0.15) is 32.6 Å². The van der Waals surface area contributed by atoms with Crippen LogP contribution in [0.25, 0.3) is 0 Å². The number of benzene rings is 4. The third kappa shape index (κ3) is 5.26. The minimum absolute atomic E-state index is 0.110. The van der Waals surface area contributed by atoms with Crippen molar-refractivity contribution in [2.24, 2.45) is 5.18 Å². The van der Waals surface area contributed by atoms with Crippen molar-refractivity contribution in [1.29, 1.82) is 0 Å². The lowest BCUT2D eigenvalue weighted by Gasteiger charge is -2.35. The van der Waals surface area contributed by atoms with Crippen LogP contribution in [-0.2, 0) is 11.3 Å². The molecule has 0 aliphatic carbocycles.